The molecule has 3 nitrogen and oxygen atoms in total. The van der Waals surface area contributed by atoms with E-state index in [1.54, 1.807) is 0 Å². The molecule has 1 saturated carbocycles. The van der Waals surface area contributed by atoms with Gasteiger partial charge in [-0.1, -0.05) is 11.8 Å². The Morgan fingerprint density at radius 3 is 3.00 bits per heavy atom. The van der Waals surface area contributed by atoms with Crippen molar-refractivity contribution in [2.24, 2.45) is 0 Å². The number of amides is 1. The van der Waals surface area contributed by atoms with E-state index in [1.165, 1.54) is 17.8 Å². The summed E-state index contributed by atoms with van der Waals surface area (Å²) in [6.07, 6.45) is 3.42. The fraction of sp³-hybridized carbons (Fsp3) is 0.462. The van der Waals surface area contributed by atoms with Crippen molar-refractivity contribution in [1.82, 2.24) is 4.90 Å². The van der Waals surface area contributed by atoms with Crippen molar-refractivity contribution >= 4 is 17.2 Å². The zero-order chi connectivity index (χ0) is 12.3. The number of aliphatic hydroxyl groups is 1. The largest absolute Gasteiger partial charge is 0.384 e. The lowest BCUT2D eigenvalue weighted by atomic mass is 9.92. The van der Waals surface area contributed by atoms with Crippen LogP contribution in [-0.4, -0.2) is 35.6 Å². The maximum absolute atomic E-state index is 12.2. The average Bonchev–Trinajstić information content (AvgIpc) is 2.70. The number of nitrogens with zero attached hydrogens (tertiary/aromatic N) is 1. The van der Waals surface area contributed by atoms with Crippen molar-refractivity contribution < 1.29 is 9.90 Å². The average molecular weight is 249 g/mol. The van der Waals surface area contributed by atoms with E-state index in [1.807, 2.05) is 23.4 Å². The predicted molar refractivity (Wildman–Crippen MR) is 68.0 cm³/mol. The molecular formula is C13H15NO2S. The van der Waals surface area contributed by atoms with Crippen LogP contribution >= 0.6 is 11.3 Å². The molecule has 0 unspecified atom stereocenters. The summed E-state index contributed by atoms with van der Waals surface area (Å²) >= 11 is 1.41. The van der Waals surface area contributed by atoms with E-state index in [2.05, 4.69) is 11.8 Å². The van der Waals surface area contributed by atoms with Gasteiger partial charge in [0.25, 0.3) is 5.91 Å². The van der Waals surface area contributed by atoms with Crippen molar-refractivity contribution in [3.63, 3.8) is 0 Å². The minimum absolute atomic E-state index is 0.0481. The van der Waals surface area contributed by atoms with E-state index < -0.39 is 0 Å². The molecule has 1 amide bonds. The first-order chi connectivity index (χ1) is 8.24. The van der Waals surface area contributed by atoms with E-state index in [9.17, 15) is 4.79 Å². The van der Waals surface area contributed by atoms with Gasteiger partial charge in [0, 0.05) is 18.7 Å². The van der Waals surface area contributed by atoms with E-state index in [4.69, 9.17) is 5.11 Å². The molecule has 1 N–H and O–H groups in total. The molecule has 0 bridgehead atoms. The summed E-state index contributed by atoms with van der Waals surface area (Å²) < 4.78 is 0. The monoisotopic (exact) mass is 249 g/mol. The third-order valence-corrected chi connectivity index (χ3v) is 4.01. The Morgan fingerprint density at radius 2 is 2.41 bits per heavy atom. The minimum Gasteiger partial charge on any atom is -0.384 e. The van der Waals surface area contributed by atoms with Crippen molar-refractivity contribution in [3.8, 4) is 11.8 Å². The summed E-state index contributed by atoms with van der Waals surface area (Å²) in [6, 6.07) is 2.22. The van der Waals surface area contributed by atoms with Gasteiger partial charge in [0.05, 0.1) is 0 Å². The molecule has 1 fully saturated rings. The van der Waals surface area contributed by atoms with Crippen molar-refractivity contribution in [3.05, 3.63) is 21.9 Å². The summed E-state index contributed by atoms with van der Waals surface area (Å²) in [4.78, 5) is 14.7. The van der Waals surface area contributed by atoms with E-state index in [-0.39, 0.29) is 12.5 Å². The van der Waals surface area contributed by atoms with E-state index in [0.29, 0.717) is 10.9 Å². The van der Waals surface area contributed by atoms with Crippen LogP contribution in [-0.2, 0) is 0 Å². The molecule has 1 aliphatic carbocycles. The summed E-state index contributed by atoms with van der Waals surface area (Å²) in [5, 5.41) is 10.5. The molecule has 0 aliphatic heterocycles. The van der Waals surface area contributed by atoms with Crippen molar-refractivity contribution in [2.45, 2.75) is 25.3 Å². The number of thiophene rings is 1. The maximum Gasteiger partial charge on any atom is 0.265 e. The zero-order valence-corrected chi connectivity index (χ0v) is 10.6. The molecule has 0 saturated heterocycles. The Morgan fingerprint density at radius 1 is 1.65 bits per heavy atom. The second-order valence-corrected chi connectivity index (χ2v) is 5.04. The quantitative estimate of drug-likeness (QED) is 0.811. The third-order valence-electron chi connectivity index (χ3n) is 3.10. The van der Waals surface area contributed by atoms with Crippen LogP contribution in [0.15, 0.2) is 11.4 Å². The standard InChI is InChI=1S/C13H15NO2S/c1-14(11-5-2-6-11)13(16)12-10(4-3-8-15)7-9-17-12/h7,9,11,15H,2,5-6,8H2,1H3. The van der Waals surface area contributed by atoms with Gasteiger partial charge in [-0.15, -0.1) is 11.3 Å². The molecule has 0 radical (unpaired) electrons. The van der Waals surface area contributed by atoms with E-state index >= 15 is 0 Å². The second-order valence-electron chi connectivity index (χ2n) is 4.12. The van der Waals surface area contributed by atoms with Crippen LogP contribution in [0.1, 0.15) is 34.5 Å². The highest BCUT2D eigenvalue weighted by atomic mass is 32.1. The smallest absolute Gasteiger partial charge is 0.265 e. The topological polar surface area (TPSA) is 40.5 Å². The molecule has 0 atom stereocenters. The number of hydrogen-bond donors (Lipinski definition) is 1. The van der Waals surface area contributed by atoms with Crippen LogP contribution in [0.25, 0.3) is 0 Å². The predicted octanol–water partition coefficient (Wildman–Crippen LogP) is 1.72. The zero-order valence-electron chi connectivity index (χ0n) is 9.77. The first-order valence-electron chi connectivity index (χ1n) is 5.68. The Labute approximate surface area is 105 Å². The third kappa shape index (κ3) is 2.51. The Bertz CT molecular complexity index is 465. The van der Waals surface area contributed by atoms with Gasteiger partial charge in [-0.3, -0.25) is 4.79 Å². The fourth-order valence-corrected chi connectivity index (χ4v) is 2.64. The Hall–Kier alpha value is -1.31. The van der Waals surface area contributed by atoms with Crippen LogP contribution in [0.4, 0.5) is 0 Å². The minimum atomic E-state index is -0.179. The van der Waals surface area contributed by atoms with Crippen LogP contribution in [0.3, 0.4) is 0 Å². The Kier molecular flexibility index (Phi) is 3.82. The van der Waals surface area contributed by atoms with Gasteiger partial charge in [-0.2, -0.15) is 0 Å². The number of aliphatic hydroxyl groups excluding tert-OH is 1. The highest BCUT2D eigenvalue weighted by Gasteiger charge is 2.27. The number of rotatable bonds is 2. The first-order valence-corrected chi connectivity index (χ1v) is 6.56. The summed E-state index contributed by atoms with van der Waals surface area (Å²) in [7, 11) is 1.86. The van der Waals surface area contributed by atoms with Crippen molar-refractivity contribution in [2.75, 3.05) is 13.7 Å². The lowest BCUT2D eigenvalue weighted by Crippen LogP contribution is -2.41. The summed E-state index contributed by atoms with van der Waals surface area (Å²) in [6.45, 7) is -0.179. The van der Waals surface area contributed by atoms with Crippen LogP contribution in [0.5, 0.6) is 0 Å². The first kappa shape index (κ1) is 12.2. The van der Waals surface area contributed by atoms with Gasteiger partial charge in [-0.25, -0.2) is 0 Å². The summed E-state index contributed by atoms with van der Waals surface area (Å²) in [5.74, 6) is 5.45. The van der Waals surface area contributed by atoms with Crippen LogP contribution < -0.4 is 0 Å². The van der Waals surface area contributed by atoms with Gasteiger partial charge in [0.15, 0.2) is 0 Å². The lowest BCUT2D eigenvalue weighted by Gasteiger charge is -2.34. The molecule has 1 aliphatic rings. The molecule has 0 spiro atoms. The highest BCUT2D eigenvalue weighted by molar-refractivity contribution is 7.12. The SMILES string of the molecule is CN(C(=O)c1sccc1C#CCO)C1CCC1. The number of carbonyl (C=O) groups excluding carboxylic acids is 1. The molecule has 1 heterocycles. The van der Waals surface area contributed by atoms with Gasteiger partial charge in [0.2, 0.25) is 0 Å². The van der Waals surface area contributed by atoms with Gasteiger partial charge in [-0.05, 0) is 30.7 Å². The lowest BCUT2D eigenvalue weighted by molar-refractivity contribution is 0.0657. The summed E-state index contributed by atoms with van der Waals surface area (Å²) in [5.41, 5.74) is 0.722. The molecule has 17 heavy (non-hydrogen) atoms. The second kappa shape index (κ2) is 5.35. The Balaban J connectivity index is 2.15. The number of carbonyl (C=O) groups is 1. The normalized spacial score (nSPS) is 14.7. The van der Waals surface area contributed by atoms with Gasteiger partial charge >= 0.3 is 0 Å². The molecule has 1 aromatic heterocycles. The molecule has 2 rings (SSSR count). The van der Waals surface area contributed by atoms with Crippen LogP contribution in [0, 0.1) is 11.8 Å². The van der Waals surface area contributed by atoms with Gasteiger partial charge < -0.3 is 10.0 Å². The fourth-order valence-electron chi connectivity index (χ4n) is 1.81. The van der Waals surface area contributed by atoms with Crippen molar-refractivity contribution in [1.29, 1.82) is 0 Å². The molecule has 0 aromatic carbocycles. The highest BCUT2D eigenvalue weighted by Crippen LogP contribution is 2.26. The van der Waals surface area contributed by atoms with Crippen LogP contribution in [0.2, 0.25) is 0 Å². The number of hydrogen-bond acceptors (Lipinski definition) is 3. The maximum atomic E-state index is 12.2. The van der Waals surface area contributed by atoms with E-state index in [0.717, 1.165) is 18.4 Å². The molecule has 1 aromatic rings. The van der Waals surface area contributed by atoms with Gasteiger partial charge in [0.1, 0.15) is 11.5 Å². The molecular weight excluding hydrogens is 234 g/mol. The molecule has 4 heteroatoms. The molecule has 90 valence electrons.